The second kappa shape index (κ2) is 7.80. The molecule has 3 aromatic carbocycles. The van der Waals surface area contributed by atoms with Crippen LogP contribution in [-0.4, -0.2) is 0 Å². The van der Waals surface area contributed by atoms with Crippen LogP contribution < -0.4 is 5.32 Å². The fourth-order valence-corrected chi connectivity index (χ4v) is 3.92. The molecule has 1 N–H and O–H groups in total. The Morgan fingerprint density at radius 3 is 2.43 bits per heavy atom. The second-order valence-corrected chi connectivity index (χ2v) is 7.30. The van der Waals surface area contributed by atoms with Gasteiger partial charge in [-0.3, -0.25) is 0 Å². The number of fused-ring (bicyclic) bond motifs is 1. The van der Waals surface area contributed by atoms with Gasteiger partial charge in [-0.05, 0) is 65.3 Å². The predicted octanol–water partition coefficient (Wildman–Crippen LogP) is 6.54. The molecule has 0 radical (unpaired) electrons. The van der Waals surface area contributed by atoms with Gasteiger partial charge in [0.2, 0.25) is 0 Å². The van der Waals surface area contributed by atoms with E-state index in [1.807, 2.05) is 18.2 Å². The van der Waals surface area contributed by atoms with Gasteiger partial charge in [0.15, 0.2) is 0 Å². The highest BCUT2D eigenvalue weighted by atomic mass is 19.4. The Labute approximate surface area is 163 Å². The van der Waals surface area contributed by atoms with Crippen molar-refractivity contribution in [3.05, 3.63) is 95.1 Å². The van der Waals surface area contributed by atoms with Crippen LogP contribution in [0.5, 0.6) is 0 Å². The number of nitrogens with one attached hydrogen (secondary N) is 1. The van der Waals surface area contributed by atoms with Crippen LogP contribution in [0.4, 0.5) is 13.2 Å². The molecule has 4 rings (SSSR count). The lowest BCUT2D eigenvalue weighted by Crippen LogP contribution is -2.24. The fourth-order valence-electron chi connectivity index (χ4n) is 3.92. The van der Waals surface area contributed by atoms with Crippen molar-refractivity contribution in [3.63, 3.8) is 0 Å². The molecular formula is C24H22F3N. The first-order valence-electron chi connectivity index (χ1n) is 9.58. The van der Waals surface area contributed by atoms with Gasteiger partial charge in [-0.15, -0.1) is 0 Å². The van der Waals surface area contributed by atoms with Crippen LogP contribution in [0.2, 0.25) is 0 Å². The van der Waals surface area contributed by atoms with Gasteiger partial charge in [-0.2, -0.15) is 13.2 Å². The SMILES string of the molecule is FC(F)(F)c1ccc(-c2cccc(CN[C@H]3CCCc4ccccc43)c2)cc1. The molecular weight excluding hydrogens is 359 g/mol. The molecule has 0 saturated heterocycles. The van der Waals surface area contributed by atoms with Gasteiger partial charge in [0.25, 0.3) is 0 Å². The van der Waals surface area contributed by atoms with E-state index in [0.717, 1.165) is 48.2 Å². The maximum absolute atomic E-state index is 12.8. The van der Waals surface area contributed by atoms with Crippen molar-refractivity contribution in [3.8, 4) is 11.1 Å². The Kier molecular flexibility index (Phi) is 5.23. The summed E-state index contributed by atoms with van der Waals surface area (Å²) in [6, 6.07) is 22.3. The average molecular weight is 381 g/mol. The van der Waals surface area contributed by atoms with Crippen LogP contribution in [0.15, 0.2) is 72.8 Å². The van der Waals surface area contributed by atoms with Crippen LogP contribution >= 0.6 is 0 Å². The minimum Gasteiger partial charge on any atom is -0.306 e. The molecule has 4 heteroatoms. The van der Waals surface area contributed by atoms with Crippen LogP contribution in [0.1, 0.15) is 41.1 Å². The molecule has 0 aliphatic heterocycles. The van der Waals surface area contributed by atoms with E-state index in [9.17, 15) is 13.2 Å². The van der Waals surface area contributed by atoms with E-state index in [1.54, 1.807) is 0 Å². The number of hydrogen-bond donors (Lipinski definition) is 1. The monoisotopic (exact) mass is 381 g/mol. The van der Waals surface area contributed by atoms with Crippen LogP contribution in [-0.2, 0) is 19.1 Å². The molecule has 0 unspecified atom stereocenters. The summed E-state index contributed by atoms with van der Waals surface area (Å²) in [6.45, 7) is 0.730. The summed E-state index contributed by atoms with van der Waals surface area (Å²) in [7, 11) is 0. The largest absolute Gasteiger partial charge is 0.416 e. The average Bonchev–Trinajstić information content (AvgIpc) is 2.72. The molecule has 28 heavy (non-hydrogen) atoms. The topological polar surface area (TPSA) is 12.0 Å². The highest BCUT2D eigenvalue weighted by molar-refractivity contribution is 5.64. The number of rotatable bonds is 4. The third kappa shape index (κ3) is 4.12. The van der Waals surface area contributed by atoms with Crippen molar-refractivity contribution < 1.29 is 13.2 Å². The Morgan fingerprint density at radius 1 is 0.857 bits per heavy atom. The van der Waals surface area contributed by atoms with Crippen molar-refractivity contribution in [2.75, 3.05) is 0 Å². The molecule has 0 amide bonds. The van der Waals surface area contributed by atoms with E-state index < -0.39 is 11.7 Å². The predicted molar refractivity (Wildman–Crippen MR) is 106 cm³/mol. The standard InChI is InChI=1S/C24H22F3N/c25-24(26,27)21-13-11-18(12-14-21)20-8-3-5-17(15-20)16-28-23-10-4-7-19-6-1-2-9-22(19)23/h1-3,5-6,8-9,11-15,23,28H,4,7,10,16H2/t23-/m0/s1. The highest BCUT2D eigenvalue weighted by Gasteiger charge is 2.30. The van der Waals surface area contributed by atoms with Crippen molar-refractivity contribution in [2.24, 2.45) is 0 Å². The minimum absolute atomic E-state index is 0.347. The van der Waals surface area contributed by atoms with Gasteiger partial charge in [0.1, 0.15) is 0 Å². The van der Waals surface area contributed by atoms with Gasteiger partial charge in [-0.1, -0.05) is 54.6 Å². The molecule has 1 atom stereocenters. The smallest absolute Gasteiger partial charge is 0.306 e. The summed E-state index contributed by atoms with van der Waals surface area (Å²) in [4.78, 5) is 0. The van der Waals surface area contributed by atoms with E-state index in [2.05, 4.69) is 35.6 Å². The summed E-state index contributed by atoms with van der Waals surface area (Å²) in [5.41, 5.74) is 5.03. The molecule has 144 valence electrons. The molecule has 0 heterocycles. The number of aryl methyl sites for hydroxylation is 1. The van der Waals surface area contributed by atoms with Crippen molar-refractivity contribution in [1.82, 2.24) is 5.32 Å². The Hall–Kier alpha value is -2.59. The molecule has 0 spiro atoms. The van der Waals surface area contributed by atoms with Gasteiger partial charge in [0, 0.05) is 12.6 Å². The summed E-state index contributed by atoms with van der Waals surface area (Å²) in [5.74, 6) is 0. The first kappa shape index (κ1) is 18.8. The molecule has 0 saturated carbocycles. The Bertz CT molecular complexity index is 945. The lowest BCUT2D eigenvalue weighted by Gasteiger charge is -2.26. The first-order valence-corrected chi connectivity index (χ1v) is 9.58. The van der Waals surface area contributed by atoms with E-state index >= 15 is 0 Å². The van der Waals surface area contributed by atoms with Crippen molar-refractivity contribution in [1.29, 1.82) is 0 Å². The molecule has 1 aliphatic rings. The third-order valence-electron chi connectivity index (χ3n) is 5.39. The Balaban J connectivity index is 1.48. The number of halogens is 3. The third-order valence-corrected chi connectivity index (χ3v) is 5.39. The van der Waals surface area contributed by atoms with Gasteiger partial charge in [0.05, 0.1) is 5.56 Å². The van der Waals surface area contributed by atoms with Gasteiger partial charge < -0.3 is 5.32 Å². The number of hydrogen-bond acceptors (Lipinski definition) is 1. The normalized spacial score (nSPS) is 16.6. The van der Waals surface area contributed by atoms with Crippen molar-refractivity contribution in [2.45, 2.75) is 38.0 Å². The molecule has 0 aromatic heterocycles. The van der Waals surface area contributed by atoms with E-state index in [1.165, 1.54) is 29.7 Å². The molecule has 0 bridgehead atoms. The maximum Gasteiger partial charge on any atom is 0.416 e. The number of alkyl halides is 3. The fraction of sp³-hybridized carbons (Fsp3) is 0.250. The number of benzene rings is 3. The summed E-state index contributed by atoms with van der Waals surface area (Å²) in [5, 5.41) is 3.65. The van der Waals surface area contributed by atoms with E-state index in [0.29, 0.717) is 6.04 Å². The minimum atomic E-state index is -4.30. The molecule has 0 fully saturated rings. The maximum atomic E-state index is 12.8. The molecule has 3 aromatic rings. The Morgan fingerprint density at radius 2 is 1.64 bits per heavy atom. The zero-order valence-corrected chi connectivity index (χ0v) is 15.5. The zero-order valence-electron chi connectivity index (χ0n) is 15.5. The second-order valence-electron chi connectivity index (χ2n) is 7.30. The lowest BCUT2D eigenvalue weighted by atomic mass is 9.87. The summed E-state index contributed by atoms with van der Waals surface area (Å²) in [6.07, 6.45) is -0.867. The van der Waals surface area contributed by atoms with Crippen molar-refractivity contribution >= 4 is 0 Å². The van der Waals surface area contributed by atoms with E-state index in [4.69, 9.17) is 0 Å². The van der Waals surface area contributed by atoms with Crippen LogP contribution in [0, 0.1) is 0 Å². The van der Waals surface area contributed by atoms with Crippen LogP contribution in [0.25, 0.3) is 11.1 Å². The zero-order chi connectivity index (χ0) is 19.6. The summed E-state index contributed by atoms with van der Waals surface area (Å²) < 4.78 is 38.3. The summed E-state index contributed by atoms with van der Waals surface area (Å²) >= 11 is 0. The van der Waals surface area contributed by atoms with Gasteiger partial charge >= 0.3 is 6.18 Å². The quantitative estimate of drug-likeness (QED) is 0.541. The lowest BCUT2D eigenvalue weighted by molar-refractivity contribution is -0.137. The van der Waals surface area contributed by atoms with E-state index in [-0.39, 0.29) is 0 Å². The van der Waals surface area contributed by atoms with Gasteiger partial charge in [-0.25, -0.2) is 0 Å². The van der Waals surface area contributed by atoms with Crippen LogP contribution in [0.3, 0.4) is 0 Å². The molecule has 1 aliphatic carbocycles. The molecule has 1 nitrogen and oxygen atoms in total. The highest BCUT2D eigenvalue weighted by Crippen LogP contribution is 2.32. The first-order chi connectivity index (χ1) is 13.5.